The van der Waals surface area contributed by atoms with Crippen molar-refractivity contribution >= 4 is 11.3 Å². The average Bonchev–Trinajstić information content (AvgIpc) is 2.76. The highest BCUT2D eigenvalue weighted by atomic mass is 32.1. The molecular formula is C14H13FN2S. The van der Waals surface area contributed by atoms with E-state index in [0.717, 1.165) is 6.54 Å². The minimum absolute atomic E-state index is 0.307. The van der Waals surface area contributed by atoms with Crippen molar-refractivity contribution in [3.63, 3.8) is 0 Å². The number of thiophene rings is 1. The summed E-state index contributed by atoms with van der Waals surface area (Å²) in [6, 6.07) is 8.38. The molecule has 2 aromatic rings. The Labute approximate surface area is 110 Å². The Bertz CT molecular complexity index is 584. The summed E-state index contributed by atoms with van der Waals surface area (Å²) in [5.41, 5.74) is 2.48. The van der Waals surface area contributed by atoms with Gasteiger partial charge in [0.25, 0.3) is 0 Å². The number of benzene rings is 1. The van der Waals surface area contributed by atoms with Crippen LogP contribution in [-0.2, 0) is 13.1 Å². The zero-order chi connectivity index (χ0) is 13.0. The Morgan fingerprint density at radius 2 is 2.17 bits per heavy atom. The molecule has 0 saturated heterocycles. The van der Waals surface area contributed by atoms with Gasteiger partial charge in [0.2, 0.25) is 0 Å². The highest BCUT2D eigenvalue weighted by molar-refractivity contribution is 7.10. The number of rotatable bonds is 4. The summed E-state index contributed by atoms with van der Waals surface area (Å²) in [6.45, 7) is 3.30. The van der Waals surface area contributed by atoms with Gasteiger partial charge in [-0.1, -0.05) is 0 Å². The number of nitrogens with one attached hydrogen (secondary N) is 1. The number of nitrogens with zero attached hydrogens (tertiary/aromatic N) is 1. The van der Waals surface area contributed by atoms with Gasteiger partial charge in [-0.15, -0.1) is 11.3 Å². The van der Waals surface area contributed by atoms with E-state index in [4.69, 9.17) is 5.26 Å². The number of hydrogen-bond acceptors (Lipinski definition) is 3. The maximum absolute atomic E-state index is 13.1. The van der Waals surface area contributed by atoms with Gasteiger partial charge in [-0.05, 0) is 47.7 Å². The Morgan fingerprint density at radius 1 is 1.33 bits per heavy atom. The molecule has 18 heavy (non-hydrogen) atoms. The molecule has 92 valence electrons. The summed E-state index contributed by atoms with van der Waals surface area (Å²) >= 11 is 1.70. The summed E-state index contributed by atoms with van der Waals surface area (Å²) in [7, 11) is 0. The normalized spacial score (nSPS) is 10.3. The second kappa shape index (κ2) is 5.76. The third-order valence-electron chi connectivity index (χ3n) is 2.76. The van der Waals surface area contributed by atoms with Crippen molar-refractivity contribution in [1.82, 2.24) is 5.32 Å². The second-order valence-corrected chi connectivity index (χ2v) is 5.04. The van der Waals surface area contributed by atoms with Gasteiger partial charge in [0.15, 0.2) is 0 Å². The molecule has 0 unspecified atom stereocenters. The van der Waals surface area contributed by atoms with Gasteiger partial charge in [0.05, 0.1) is 11.6 Å². The van der Waals surface area contributed by atoms with Crippen molar-refractivity contribution in [3.05, 3.63) is 57.0 Å². The molecule has 0 fully saturated rings. The van der Waals surface area contributed by atoms with Crippen LogP contribution in [0, 0.1) is 24.1 Å². The van der Waals surface area contributed by atoms with Crippen molar-refractivity contribution in [3.8, 4) is 6.07 Å². The Morgan fingerprint density at radius 3 is 2.83 bits per heavy atom. The minimum Gasteiger partial charge on any atom is -0.308 e. The van der Waals surface area contributed by atoms with Crippen molar-refractivity contribution in [2.75, 3.05) is 0 Å². The van der Waals surface area contributed by atoms with Crippen molar-refractivity contribution < 1.29 is 4.39 Å². The molecule has 0 bridgehead atoms. The third-order valence-corrected chi connectivity index (χ3v) is 3.78. The van der Waals surface area contributed by atoms with Gasteiger partial charge in [0, 0.05) is 18.0 Å². The second-order valence-electron chi connectivity index (χ2n) is 4.04. The van der Waals surface area contributed by atoms with Crippen molar-refractivity contribution in [2.24, 2.45) is 0 Å². The van der Waals surface area contributed by atoms with Crippen LogP contribution in [0.4, 0.5) is 4.39 Å². The highest BCUT2D eigenvalue weighted by Crippen LogP contribution is 2.16. The Hall–Kier alpha value is -1.70. The Balaban J connectivity index is 2.00. The third kappa shape index (κ3) is 2.95. The van der Waals surface area contributed by atoms with Crippen LogP contribution in [0.1, 0.15) is 21.6 Å². The van der Waals surface area contributed by atoms with Crippen LogP contribution < -0.4 is 5.32 Å². The van der Waals surface area contributed by atoms with Gasteiger partial charge < -0.3 is 5.32 Å². The summed E-state index contributed by atoms with van der Waals surface area (Å²) < 4.78 is 13.1. The number of aryl methyl sites for hydroxylation is 1. The van der Waals surface area contributed by atoms with Crippen LogP contribution in [0.5, 0.6) is 0 Å². The van der Waals surface area contributed by atoms with E-state index >= 15 is 0 Å². The lowest BCUT2D eigenvalue weighted by atomic mass is 10.1. The zero-order valence-corrected chi connectivity index (χ0v) is 10.9. The van der Waals surface area contributed by atoms with E-state index in [1.165, 1.54) is 28.6 Å². The molecule has 4 heteroatoms. The fourth-order valence-corrected chi connectivity index (χ4v) is 2.59. The summed E-state index contributed by atoms with van der Waals surface area (Å²) in [4.78, 5) is 1.27. The van der Waals surface area contributed by atoms with E-state index in [-0.39, 0.29) is 5.82 Å². The number of hydrogen-bond donors (Lipinski definition) is 1. The standard InChI is InChI=1S/C14H13FN2S/c1-10-4-5-18-14(10)9-17-8-12-6-13(15)3-2-11(12)7-16/h2-6,17H,8-9H2,1H3. The first-order valence-corrected chi connectivity index (χ1v) is 6.51. The fraction of sp³-hybridized carbons (Fsp3) is 0.214. The molecule has 0 aliphatic rings. The van der Waals surface area contributed by atoms with E-state index < -0.39 is 0 Å². The summed E-state index contributed by atoms with van der Waals surface area (Å²) in [5.74, 6) is -0.307. The maximum Gasteiger partial charge on any atom is 0.123 e. The summed E-state index contributed by atoms with van der Waals surface area (Å²) in [6.07, 6.45) is 0. The average molecular weight is 260 g/mol. The zero-order valence-electron chi connectivity index (χ0n) is 10.0. The topological polar surface area (TPSA) is 35.8 Å². The molecule has 1 N–H and O–H groups in total. The van der Waals surface area contributed by atoms with Gasteiger partial charge in [-0.3, -0.25) is 0 Å². The molecular weight excluding hydrogens is 247 g/mol. The van der Waals surface area contributed by atoms with Gasteiger partial charge >= 0.3 is 0 Å². The molecule has 0 spiro atoms. The molecule has 0 saturated carbocycles. The molecule has 1 aromatic heterocycles. The van der Waals surface area contributed by atoms with E-state index in [9.17, 15) is 4.39 Å². The monoisotopic (exact) mass is 260 g/mol. The predicted molar refractivity (Wildman–Crippen MR) is 70.7 cm³/mol. The van der Waals surface area contributed by atoms with Gasteiger partial charge in [-0.2, -0.15) is 5.26 Å². The number of halogens is 1. The van der Waals surface area contributed by atoms with E-state index in [2.05, 4.69) is 29.8 Å². The van der Waals surface area contributed by atoms with E-state index in [0.29, 0.717) is 17.7 Å². The minimum atomic E-state index is -0.307. The van der Waals surface area contributed by atoms with Crippen LogP contribution in [0.3, 0.4) is 0 Å². The predicted octanol–water partition coefficient (Wildman–Crippen LogP) is 3.36. The molecule has 0 aliphatic carbocycles. The lowest BCUT2D eigenvalue weighted by molar-refractivity contribution is 0.620. The summed E-state index contributed by atoms with van der Waals surface area (Å²) in [5, 5.41) is 14.2. The first-order valence-electron chi connectivity index (χ1n) is 5.63. The quantitative estimate of drug-likeness (QED) is 0.915. The molecule has 0 radical (unpaired) electrons. The lowest BCUT2D eigenvalue weighted by Gasteiger charge is -2.06. The highest BCUT2D eigenvalue weighted by Gasteiger charge is 2.04. The molecule has 0 aliphatic heterocycles. The van der Waals surface area contributed by atoms with Crippen LogP contribution in [0.15, 0.2) is 29.6 Å². The molecule has 0 atom stereocenters. The first-order chi connectivity index (χ1) is 8.70. The van der Waals surface area contributed by atoms with E-state index in [1.54, 1.807) is 11.3 Å². The van der Waals surface area contributed by atoms with Gasteiger partial charge in [-0.25, -0.2) is 4.39 Å². The molecule has 1 heterocycles. The smallest absolute Gasteiger partial charge is 0.123 e. The van der Waals surface area contributed by atoms with Crippen LogP contribution in [0.25, 0.3) is 0 Å². The molecule has 1 aromatic carbocycles. The molecule has 2 nitrogen and oxygen atoms in total. The molecule has 2 rings (SSSR count). The van der Waals surface area contributed by atoms with Crippen LogP contribution >= 0.6 is 11.3 Å². The fourth-order valence-electron chi connectivity index (χ4n) is 1.71. The Kier molecular flexibility index (Phi) is 4.08. The first kappa shape index (κ1) is 12.7. The maximum atomic E-state index is 13.1. The van der Waals surface area contributed by atoms with Crippen LogP contribution in [0.2, 0.25) is 0 Å². The van der Waals surface area contributed by atoms with Crippen molar-refractivity contribution in [1.29, 1.82) is 5.26 Å². The van der Waals surface area contributed by atoms with E-state index in [1.807, 2.05) is 0 Å². The molecule has 0 amide bonds. The van der Waals surface area contributed by atoms with Crippen LogP contribution in [-0.4, -0.2) is 0 Å². The lowest BCUT2D eigenvalue weighted by Crippen LogP contribution is -2.13. The van der Waals surface area contributed by atoms with Crippen molar-refractivity contribution in [2.45, 2.75) is 20.0 Å². The number of nitriles is 1. The van der Waals surface area contributed by atoms with Gasteiger partial charge in [0.1, 0.15) is 5.82 Å². The SMILES string of the molecule is Cc1ccsc1CNCc1cc(F)ccc1C#N. The largest absolute Gasteiger partial charge is 0.308 e.